The predicted molar refractivity (Wildman–Crippen MR) is 79.8 cm³/mol. The molecule has 18 heavy (non-hydrogen) atoms. The van der Waals surface area contributed by atoms with E-state index in [1.807, 2.05) is 26.3 Å². The number of hydrogen-bond acceptors (Lipinski definition) is 2. The minimum Gasteiger partial charge on any atom is -0.362 e. The molecule has 0 N–H and O–H groups in total. The van der Waals surface area contributed by atoms with Crippen molar-refractivity contribution < 1.29 is 0 Å². The van der Waals surface area contributed by atoms with Gasteiger partial charge in [-0.3, -0.25) is 9.98 Å². The zero-order valence-corrected chi connectivity index (χ0v) is 11.6. The molecule has 1 aromatic carbocycles. The molecule has 0 atom stereocenters. The van der Waals surface area contributed by atoms with Crippen molar-refractivity contribution in [1.82, 2.24) is 4.90 Å². The number of aryl methyl sites for hydroxylation is 1. The van der Waals surface area contributed by atoms with Crippen molar-refractivity contribution >= 4 is 12.1 Å². The van der Waals surface area contributed by atoms with E-state index in [1.54, 1.807) is 0 Å². The molecule has 0 radical (unpaired) electrons. The number of amidine groups is 1. The Morgan fingerprint density at radius 3 is 2.61 bits per heavy atom. The molecule has 98 valence electrons. The Hall–Kier alpha value is -1.64. The van der Waals surface area contributed by atoms with Gasteiger partial charge >= 0.3 is 0 Å². The van der Waals surface area contributed by atoms with Crippen LogP contribution in [0.25, 0.3) is 0 Å². The zero-order valence-electron chi connectivity index (χ0n) is 11.6. The van der Waals surface area contributed by atoms with E-state index in [1.165, 1.54) is 5.56 Å². The molecule has 0 saturated heterocycles. The summed E-state index contributed by atoms with van der Waals surface area (Å²) in [4.78, 5) is 10.8. The van der Waals surface area contributed by atoms with Crippen LogP contribution in [0.3, 0.4) is 0 Å². The Morgan fingerprint density at radius 1 is 1.28 bits per heavy atom. The van der Waals surface area contributed by atoms with Gasteiger partial charge in [0.1, 0.15) is 0 Å². The molecule has 0 heterocycles. The van der Waals surface area contributed by atoms with Crippen LogP contribution in [0, 0.1) is 0 Å². The number of aliphatic imine (C=N–C) groups is 2. The van der Waals surface area contributed by atoms with Crippen LogP contribution in [-0.2, 0) is 6.42 Å². The molecule has 0 aliphatic heterocycles. The van der Waals surface area contributed by atoms with Crippen molar-refractivity contribution in [1.29, 1.82) is 0 Å². The lowest BCUT2D eigenvalue weighted by Gasteiger charge is -2.20. The summed E-state index contributed by atoms with van der Waals surface area (Å²) >= 11 is 0. The second-order valence-electron chi connectivity index (χ2n) is 4.21. The largest absolute Gasteiger partial charge is 0.362 e. The van der Waals surface area contributed by atoms with Crippen LogP contribution in [0.15, 0.2) is 40.3 Å². The van der Waals surface area contributed by atoms with Gasteiger partial charge in [-0.2, -0.15) is 0 Å². The number of nitrogens with zero attached hydrogens (tertiary/aromatic N) is 3. The smallest absolute Gasteiger partial charge is 0.0986 e. The Bertz CT molecular complexity index is 382. The lowest BCUT2D eigenvalue weighted by molar-refractivity contribution is 0.503. The van der Waals surface area contributed by atoms with E-state index in [0.717, 1.165) is 31.8 Å². The zero-order chi connectivity index (χ0) is 13.2. The van der Waals surface area contributed by atoms with Gasteiger partial charge in [0.15, 0.2) is 0 Å². The average Bonchev–Trinajstić information content (AvgIpc) is 2.41. The molecule has 0 spiro atoms. The van der Waals surface area contributed by atoms with Gasteiger partial charge in [-0.15, -0.1) is 0 Å². The van der Waals surface area contributed by atoms with E-state index in [9.17, 15) is 0 Å². The highest BCUT2D eigenvalue weighted by Crippen LogP contribution is 2.05. The van der Waals surface area contributed by atoms with Crippen molar-refractivity contribution in [3.05, 3.63) is 35.9 Å². The second-order valence-corrected chi connectivity index (χ2v) is 4.21. The summed E-state index contributed by atoms with van der Waals surface area (Å²) in [5.41, 5.74) is 1.36. The number of rotatable bonds is 6. The van der Waals surface area contributed by atoms with Crippen LogP contribution in [0.2, 0.25) is 0 Å². The van der Waals surface area contributed by atoms with E-state index in [-0.39, 0.29) is 0 Å². The molecule has 0 bridgehead atoms. The van der Waals surface area contributed by atoms with Crippen LogP contribution in [0.5, 0.6) is 0 Å². The molecule has 1 rings (SSSR count). The summed E-state index contributed by atoms with van der Waals surface area (Å²) in [6.45, 7) is 3.70. The Balaban J connectivity index is 2.42. The van der Waals surface area contributed by atoms with E-state index in [4.69, 9.17) is 0 Å². The van der Waals surface area contributed by atoms with E-state index in [0.29, 0.717) is 0 Å². The summed E-state index contributed by atoms with van der Waals surface area (Å²) in [6, 6.07) is 10.5. The van der Waals surface area contributed by atoms with Gasteiger partial charge in [0.2, 0.25) is 0 Å². The molecule has 0 unspecified atom stereocenters. The van der Waals surface area contributed by atoms with Crippen LogP contribution < -0.4 is 0 Å². The summed E-state index contributed by atoms with van der Waals surface area (Å²) in [5, 5.41) is 0. The molecule has 0 saturated carbocycles. The van der Waals surface area contributed by atoms with E-state index >= 15 is 0 Å². The van der Waals surface area contributed by atoms with Gasteiger partial charge in [-0.25, -0.2) is 0 Å². The highest BCUT2D eigenvalue weighted by atomic mass is 15.2. The predicted octanol–water partition coefficient (Wildman–Crippen LogP) is 2.67. The Morgan fingerprint density at radius 2 is 2.00 bits per heavy atom. The SMILES string of the molecule is CC=NCCN(C)C(CCc1ccccc1)=NC. The quantitative estimate of drug-likeness (QED) is 0.559. The number of benzene rings is 1. The van der Waals surface area contributed by atoms with Gasteiger partial charge < -0.3 is 4.90 Å². The first kappa shape index (κ1) is 14.4. The standard InChI is InChI=1S/C15H23N3/c1-4-17-12-13-18(3)15(16-2)11-10-14-8-6-5-7-9-14/h4-9H,10-13H2,1-3H3. The Labute approximate surface area is 110 Å². The summed E-state index contributed by atoms with van der Waals surface area (Å²) in [5.74, 6) is 1.14. The molecular formula is C15H23N3. The average molecular weight is 245 g/mol. The third kappa shape index (κ3) is 5.13. The van der Waals surface area contributed by atoms with Crippen LogP contribution in [-0.4, -0.2) is 44.1 Å². The van der Waals surface area contributed by atoms with Gasteiger partial charge in [0, 0.05) is 27.1 Å². The fraction of sp³-hybridized carbons (Fsp3) is 0.467. The first-order valence-corrected chi connectivity index (χ1v) is 6.43. The lowest BCUT2D eigenvalue weighted by atomic mass is 10.1. The fourth-order valence-electron chi connectivity index (χ4n) is 1.84. The van der Waals surface area contributed by atoms with Crippen LogP contribution in [0.4, 0.5) is 0 Å². The summed E-state index contributed by atoms with van der Waals surface area (Å²) < 4.78 is 0. The van der Waals surface area contributed by atoms with Gasteiger partial charge in [-0.05, 0) is 25.1 Å². The molecular weight excluding hydrogens is 222 g/mol. The molecule has 1 aromatic rings. The van der Waals surface area contributed by atoms with E-state index < -0.39 is 0 Å². The molecule has 0 fully saturated rings. The normalized spacial score (nSPS) is 12.1. The minimum atomic E-state index is 0.831. The summed E-state index contributed by atoms with van der Waals surface area (Å²) in [7, 11) is 3.94. The van der Waals surface area contributed by atoms with Gasteiger partial charge in [0.25, 0.3) is 0 Å². The fourth-order valence-corrected chi connectivity index (χ4v) is 1.84. The van der Waals surface area contributed by atoms with E-state index in [2.05, 4.69) is 46.2 Å². The first-order valence-electron chi connectivity index (χ1n) is 6.43. The third-order valence-electron chi connectivity index (χ3n) is 2.93. The number of likely N-dealkylation sites (N-methyl/N-ethyl adjacent to an activating group) is 1. The molecule has 3 heteroatoms. The first-order chi connectivity index (χ1) is 8.77. The molecule has 0 aliphatic rings. The molecule has 0 aromatic heterocycles. The Kier molecular flexibility index (Phi) is 6.77. The second kappa shape index (κ2) is 8.45. The third-order valence-corrected chi connectivity index (χ3v) is 2.93. The van der Waals surface area contributed by atoms with Crippen molar-refractivity contribution in [2.75, 3.05) is 27.2 Å². The summed E-state index contributed by atoms with van der Waals surface area (Å²) in [6.07, 6.45) is 3.86. The molecule has 0 amide bonds. The monoisotopic (exact) mass is 245 g/mol. The number of hydrogen-bond donors (Lipinski definition) is 0. The highest BCUT2D eigenvalue weighted by Gasteiger charge is 2.05. The van der Waals surface area contributed by atoms with Gasteiger partial charge in [0.05, 0.1) is 12.4 Å². The van der Waals surface area contributed by atoms with Crippen molar-refractivity contribution in [2.24, 2.45) is 9.98 Å². The topological polar surface area (TPSA) is 28.0 Å². The highest BCUT2D eigenvalue weighted by molar-refractivity contribution is 5.82. The van der Waals surface area contributed by atoms with Crippen molar-refractivity contribution in [3.63, 3.8) is 0 Å². The molecule has 3 nitrogen and oxygen atoms in total. The lowest BCUT2D eigenvalue weighted by Crippen LogP contribution is -2.29. The maximum Gasteiger partial charge on any atom is 0.0986 e. The van der Waals surface area contributed by atoms with Crippen LogP contribution >= 0.6 is 0 Å². The van der Waals surface area contributed by atoms with Crippen molar-refractivity contribution in [2.45, 2.75) is 19.8 Å². The maximum absolute atomic E-state index is 4.37. The van der Waals surface area contributed by atoms with Gasteiger partial charge in [-0.1, -0.05) is 30.3 Å². The van der Waals surface area contributed by atoms with Crippen LogP contribution in [0.1, 0.15) is 18.9 Å². The molecule has 0 aliphatic carbocycles. The maximum atomic E-state index is 4.37. The minimum absolute atomic E-state index is 0.831. The van der Waals surface area contributed by atoms with Crippen molar-refractivity contribution in [3.8, 4) is 0 Å².